The van der Waals surface area contributed by atoms with Crippen LogP contribution in [0.25, 0.3) is 17.6 Å². The van der Waals surface area contributed by atoms with Gasteiger partial charge in [-0.25, -0.2) is 14.6 Å². The minimum Gasteiger partial charge on any atom is -0.382 e. The monoisotopic (exact) mass is 479 g/mol. The number of carbonyl (C=O) groups is 1. The van der Waals surface area contributed by atoms with Crippen LogP contribution in [-0.4, -0.2) is 30.6 Å². The number of amides is 1. The Morgan fingerprint density at radius 3 is 2.03 bits per heavy atom. The first-order valence-corrected chi connectivity index (χ1v) is 8.55. The van der Waals surface area contributed by atoms with Crippen molar-refractivity contribution in [1.29, 1.82) is 0 Å². The lowest BCUT2D eigenvalue weighted by atomic mass is 10.0. The van der Waals surface area contributed by atoms with Gasteiger partial charge in [0.2, 0.25) is 5.91 Å². The number of primary amides is 1. The number of hydrogen-bond acceptors (Lipinski definition) is 6. The van der Waals surface area contributed by atoms with E-state index in [0.717, 1.165) is 23.3 Å². The van der Waals surface area contributed by atoms with Crippen molar-refractivity contribution in [3.05, 3.63) is 59.3 Å². The van der Waals surface area contributed by atoms with Gasteiger partial charge in [0.25, 0.3) is 0 Å². The normalized spacial score (nSPS) is 11.8. The molecule has 15 heteroatoms. The van der Waals surface area contributed by atoms with Crippen LogP contribution in [0.2, 0.25) is 5.02 Å². The van der Waals surface area contributed by atoms with Crippen molar-refractivity contribution in [3.8, 4) is 11.4 Å². The molecule has 170 valence electrons. The maximum atomic E-state index is 13.0. The van der Waals surface area contributed by atoms with Crippen LogP contribution in [0, 0.1) is 0 Å². The zero-order valence-corrected chi connectivity index (χ0v) is 16.3. The molecule has 0 fully saturated rings. The van der Waals surface area contributed by atoms with E-state index in [0.29, 0.717) is 18.0 Å². The molecule has 0 aliphatic heterocycles. The van der Waals surface area contributed by atoms with E-state index in [1.54, 1.807) is 12.4 Å². The number of anilines is 1. The SMILES string of the molecule is NC(=O)/C=C\n1cnc(-c2cc(C(F)(F)F)c(Cl)c(C(F)(F)F)c2)n1.Nc1cnccn1. The summed E-state index contributed by atoms with van der Waals surface area (Å²) in [6, 6.07) is 0.824. The number of aromatic nitrogens is 5. The highest BCUT2D eigenvalue weighted by atomic mass is 35.5. The molecular formula is C17H12ClF6N7O. The van der Waals surface area contributed by atoms with Crippen LogP contribution in [0.5, 0.6) is 0 Å². The molecule has 8 nitrogen and oxygen atoms in total. The van der Waals surface area contributed by atoms with Crippen molar-refractivity contribution in [2.45, 2.75) is 12.4 Å². The van der Waals surface area contributed by atoms with Crippen LogP contribution in [0.15, 0.2) is 43.1 Å². The van der Waals surface area contributed by atoms with Crippen molar-refractivity contribution < 1.29 is 31.1 Å². The van der Waals surface area contributed by atoms with Crippen molar-refractivity contribution in [3.63, 3.8) is 0 Å². The highest BCUT2D eigenvalue weighted by Crippen LogP contribution is 2.44. The van der Waals surface area contributed by atoms with Crippen molar-refractivity contribution in [2.24, 2.45) is 5.73 Å². The number of benzene rings is 1. The highest BCUT2D eigenvalue weighted by molar-refractivity contribution is 6.32. The molecule has 1 aromatic carbocycles. The Morgan fingerprint density at radius 1 is 1.03 bits per heavy atom. The van der Waals surface area contributed by atoms with Gasteiger partial charge in [0.1, 0.15) is 12.1 Å². The molecule has 0 spiro atoms. The lowest BCUT2D eigenvalue weighted by Gasteiger charge is -2.16. The maximum Gasteiger partial charge on any atom is 0.417 e. The van der Waals surface area contributed by atoms with Gasteiger partial charge in [-0.05, 0) is 12.1 Å². The minimum absolute atomic E-state index is 0.412. The van der Waals surface area contributed by atoms with E-state index in [9.17, 15) is 31.1 Å². The maximum absolute atomic E-state index is 13.0. The van der Waals surface area contributed by atoms with E-state index in [1.165, 1.54) is 6.20 Å². The fourth-order valence-corrected chi connectivity index (χ4v) is 2.43. The van der Waals surface area contributed by atoms with Gasteiger partial charge < -0.3 is 11.5 Å². The third-order valence-electron chi connectivity index (χ3n) is 3.42. The number of halogens is 7. The zero-order valence-electron chi connectivity index (χ0n) is 15.6. The molecule has 2 heterocycles. The zero-order chi connectivity index (χ0) is 24.1. The van der Waals surface area contributed by atoms with Crippen LogP contribution in [0.3, 0.4) is 0 Å². The Balaban J connectivity index is 0.000000439. The van der Waals surface area contributed by atoms with Gasteiger partial charge >= 0.3 is 12.4 Å². The molecule has 0 saturated heterocycles. The number of rotatable bonds is 3. The summed E-state index contributed by atoms with van der Waals surface area (Å²) in [5, 5.41) is 2.20. The standard InChI is InChI=1S/C13H7ClF6N4O.C4H5N3/c14-10-7(12(15,16)17)3-6(4-8(10)13(18,19)20)11-22-5-24(23-11)2-1-9(21)25;5-4-3-6-1-2-7-4/h1-5H,(H2,21,25);1-3H,(H2,5,7)/b2-1-;. The number of carbonyl (C=O) groups excluding carboxylic acids is 1. The molecular weight excluding hydrogens is 468 g/mol. The molecule has 3 rings (SSSR count). The Morgan fingerprint density at radius 2 is 1.62 bits per heavy atom. The van der Waals surface area contributed by atoms with Gasteiger partial charge in [0.05, 0.1) is 22.3 Å². The van der Waals surface area contributed by atoms with Gasteiger partial charge in [0, 0.05) is 30.2 Å². The third-order valence-corrected chi connectivity index (χ3v) is 3.83. The molecule has 0 atom stereocenters. The summed E-state index contributed by atoms with van der Waals surface area (Å²) in [4.78, 5) is 21.6. The van der Waals surface area contributed by atoms with Crippen molar-refractivity contribution in [1.82, 2.24) is 24.7 Å². The van der Waals surface area contributed by atoms with E-state index in [1.807, 2.05) is 0 Å². The Labute approximate surface area is 180 Å². The van der Waals surface area contributed by atoms with Gasteiger partial charge in [-0.1, -0.05) is 11.6 Å². The first-order chi connectivity index (χ1) is 14.8. The van der Waals surface area contributed by atoms with Crippen molar-refractivity contribution >= 4 is 29.5 Å². The Hall–Kier alpha value is -3.68. The van der Waals surface area contributed by atoms with Gasteiger partial charge in [0.15, 0.2) is 5.82 Å². The molecule has 2 aromatic heterocycles. The number of alkyl halides is 6. The smallest absolute Gasteiger partial charge is 0.382 e. The summed E-state index contributed by atoms with van der Waals surface area (Å²) in [5.74, 6) is -0.799. The molecule has 3 aromatic rings. The summed E-state index contributed by atoms with van der Waals surface area (Å²) in [7, 11) is 0. The second kappa shape index (κ2) is 9.64. The molecule has 0 radical (unpaired) electrons. The summed E-state index contributed by atoms with van der Waals surface area (Å²) >= 11 is 5.28. The Kier molecular flexibility index (Phi) is 7.40. The van der Waals surface area contributed by atoms with Crippen LogP contribution in [0.1, 0.15) is 11.1 Å². The van der Waals surface area contributed by atoms with Gasteiger partial charge in [-0.15, -0.1) is 5.10 Å². The average Bonchev–Trinajstić information content (AvgIpc) is 3.15. The molecule has 0 bridgehead atoms. The molecule has 0 saturated carbocycles. The van der Waals surface area contributed by atoms with Gasteiger partial charge in [-0.2, -0.15) is 26.3 Å². The molecule has 0 unspecified atom stereocenters. The fourth-order valence-electron chi connectivity index (χ4n) is 2.11. The summed E-state index contributed by atoms with van der Waals surface area (Å²) in [6.45, 7) is 0. The topological polar surface area (TPSA) is 126 Å². The largest absolute Gasteiger partial charge is 0.417 e. The molecule has 0 aliphatic carbocycles. The minimum atomic E-state index is -5.11. The fraction of sp³-hybridized carbons (Fsp3) is 0.118. The van der Waals surface area contributed by atoms with E-state index < -0.39 is 45.8 Å². The quantitative estimate of drug-likeness (QED) is 0.436. The van der Waals surface area contributed by atoms with E-state index in [4.69, 9.17) is 23.1 Å². The van der Waals surface area contributed by atoms with E-state index in [-0.39, 0.29) is 0 Å². The highest BCUT2D eigenvalue weighted by Gasteiger charge is 2.41. The lowest BCUT2D eigenvalue weighted by Crippen LogP contribution is -2.13. The second-order valence-corrected chi connectivity index (χ2v) is 6.16. The molecule has 0 aliphatic rings. The number of hydrogen-bond donors (Lipinski definition) is 2. The van der Waals surface area contributed by atoms with E-state index >= 15 is 0 Å². The number of nitrogen functional groups attached to an aromatic ring is 1. The first kappa shape index (κ1) is 24.6. The van der Waals surface area contributed by atoms with Crippen LogP contribution < -0.4 is 11.5 Å². The summed E-state index contributed by atoms with van der Waals surface area (Å²) in [5.41, 5.74) is 6.17. The van der Waals surface area contributed by atoms with Crippen LogP contribution in [0.4, 0.5) is 32.2 Å². The summed E-state index contributed by atoms with van der Waals surface area (Å²) < 4.78 is 78.7. The van der Waals surface area contributed by atoms with Gasteiger partial charge in [-0.3, -0.25) is 9.78 Å². The predicted octanol–water partition coefficient (Wildman–Crippen LogP) is 3.65. The Bertz CT molecular complexity index is 1080. The van der Waals surface area contributed by atoms with Crippen LogP contribution in [-0.2, 0) is 17.1 Å². The second-order valence-electron chi connectivity index (χ2n) is 5.78. The average molecular weight is 480 g/mol. The third kappa shape index (κ3) is 6.66. The first-order valence-electron chi connectivity index (χ1n) is 8.17. The number of nitrogens with two attached hydrogens (primary N) is 2. The molecule has 32 heavy (non-hydrogen) atoms. The summed E-state index contributed by atoms with van der Waals surface area (Å²) in [6.07, 6.45) is -2.70. The molecule has 4 N–H and O–H groups in total. The predicted molar refractivity (Wildman–Crippen MR) is 101 cm³/mol. The molecule has 1 amide bonds. The lowest BCUT2D eigenvalue weighted by molar-refractivity contribution is -0.142. The van der Waals surface area contributed by atoms with Crippen molar-refractivity contribution in [2.75, 3.05) is 5.73 Å². The van der Waals surface area contributed by atoms with E-state index in [2.05, 4.69) is 20.1 Å². The van der Waals surface area contributed by atoms with Crippen LogP contribution >= 0.6 is 11.6 Å². The number of nitrogens with zero attached hydrogens (tertiary/aromatic N) is 5.